The van der Waals surface area contributed by atoms with E-state index in [2.05, 4.69) is 6.07 Å². The summed E-state index contributed by atoms with van der Waals surface area (Å²) >= 11 is 0. The van der Waals surface area contributed by atoms with Crippen LogP contribution in [0.5, 0.6) is 5.75 Å². The molecule has 2 aromatic rings. The van der Waals surface area contributed by atoms with E-state index < -0.39 is 6.10 Å². The van der Waals surface area contributed by atoms with Crippen LogP contribution in [0, 0.1) is 11.3 Å². The topological polar surface area (TPSA) is 59.0 Å². The van der Waals surface area contributed by atoms with E-state index in [1.54, 1.807) is 6.92 Å². The Morgan fingerprint density at radius 3 is 2.56 bits per heavy atom. The largest absolute Gasteiger partial charge is 0.475 e. The lowest BCUT2D eigenvalue weighted by molar-refractivity contribution is 0.276. The number of rotatable bonds is 3. The molecule has 3 nitrogen and oxygen atoms in total. The number of nitrogens with zero attached hydrogens (tertiary/aromatic N) is 1. The van der Waals surface area contributed by atoms with E-state index in [9.17, 15) is 0 Å². The van der Waals surface area contributed by atoms with Crippen LogP contribution in [-0.2, 0) is 0 Å². The molecule has 0 saturated carbocycles. The zero-order chi connectivity index (χ0) is 13.1. The van der Waals surface area contributed by atoms with Crippen molar-refractivity contribution in [1.82, 2.24) is 0 Å². The van der Waals surface area contributed by atoms with Crippen molar-refractivity contribution in [3.05, 3.63) is 42.0 Å². The molecule has 2 rings (SSSR count). The normalized spacial score (nSPS) is 13.9. The van der Waals surface area contributed by atoms with Crippen LogP contribution in [0.1, 0.15) is 25.5 Å². The number of hydrogen-bond donors (Lipinski definition) is 1. The van der Waals surface area contributed by atoms with E-state index in [4.69, 9.17) is 15.7 Å². The Bertz CT molecular complexity index is 599. The second kappa shape index (κ2) is 5.07. The second-order valence-electron chi connectivity index (χ2n) is 4.38. The maximum atomic E-state index is 8.89. The maximum absolute atomic E-state index is 8.89. The Balaban J connectivity index is 2.63. The molecule has 0 bridgehead atoms. The van der Waals surface area contributed by atoms with Gasteiger partial charge in [-0.15, -0.1) is 0 Å². The van der Waals surface area contributed by atoms with Gasteiger partial charge in [-0.3, -0.25) is 0 Å². The number of hydrogen-bond acceptors (Lipinski definition) is 3. The van der Waals surface area contributed by atoms with Crippen molar-refractivity contribution in [2.75, 3.05) is 0 Å². The van der Waals surface area contributed by atoms with Crippen molar-refractivity contribution < 1.29 is 4.74 Å². The Kier molecular flexibility index (Phi) is 3.50. The number of ether oxygens (including phenoxy) is 1. The standard InChI is InChI=1S/C15H16N2O/c1-10(9-16)18-15-13(11(2)17)8-7-12-5-3-4-6-14(12)15/h3-8,10-11H,17H2,1-2H3. The van der Waals surface area contributed by atoms with Gasteiger partial charge in [0.15, 0.2) is 6.10 Å². The fourth-order valence-electron chi connectivity index (χ4n) is 1.95. The van der Waals surface area contributed by atoms with Crippen LogP contribution in [0.2, 0.25) is 0 Å². The summed E-state index contributed by atoms with van der Waals surface area (Å²) in [6.45, 7) is 3.64. The first-order valence-corrected chi connectivity index (χ1v) is 5.97. The molecule has 0 aliphatic heterocycles. The molecule has 0 fully saturated rings. The smallest absolute Gasteiger partial charge is 0.181 e. The van der Waals surface area contributed by atoms with Crippen molar-refractivity contribution in [3.63, 3.8) is 0 Å². The first-order valence-electron chi connectivity index (χ1n) is 5.97. The van der Waals surface area contributed by atoms with E-state index in [0.717, 1.165) is 22.1 Å². The summed E-state index contributed by atoms with van der Waals surface area (Å²) in [5, 5.41) is 11.0. The third kappa shape index (κ3) is 2.29. The van der Waals surface area contributed by atoms with Gasteiger partial charge in [0.05, 0.1) is 0 Å². The molecule has 3 heteroatoms. The molecule has 2 unspecified atom stereocenters. The number of benzene rings is 2. The quantitative estimate of drug-likeness (QED) is 0.896. The van der Waals surface area contributed by atoms with Crippen molar-refractivity contribution in [2.24, 2.45) is 5.73 Å². The minimum absolute atomic E-state index is 0.129. The van der Waals surface area contributed by atoms with Gasteiger partial charge in [0.2, 0.25) is 0 Å². The van der Waals surface area contributed by atoms with Crippen LogP contribution in [0.4, 0.5) is 0 Å². The van der Waals surface area contributed by atoms with E-state index in [-0.39, 0.29) is 6.04 Å². The van der Waals surface area contributed by atoms with E-state index in [1.807, 2.05) is 43.3 Å². The molecule has 0 heterocycles. The molecule has 2 aromatic carbocycles. The van der Waals surface area contributed by atoms with Gasteiger partial charge in [-0.05, 0) is 19.2 Å². The van der Waals surface area contributed by atoms with Crippen molar-refractivity contribution in [2.45, 2.75) is 26.0 Å². The Labute approximate surface area is 107 Å². The lowest BCUT2D eigenvalue weighted by Gasteiger charge is -2.17. The summed E-state index contributed by atoms with van der Waals surface area (Å²) in [7, 11) is 0. The predicted octanol–water partition coefficient (Wildman–Crippen LogP) is 3.15. The molecular weight excluding hydrogens is 224 g/mol. The van der Waals surface area contributed by atoms with Crippen LogP contribution in [0.25, 0.3) is 10.8 Å². The Hall–Kier alpha value is -2.05. The lowest BCUT2D eigenvalue weighted by Crippen LogP contribution is -2.13. The molecule has 0 saturated heterocycles. The Morgan fingerprint density at radius 2 is 1.89 bits per heavy atom. The monoisotopic (exact) mass is 240 g/mol. The third-order valence-corrected chi connectivity index (χ3v) is 2.88. The molecule has 0 amide bonds. The molecule has 92 valence electrons. The van der Waals surface area contributed by atoms with Gasteiger partial charge in [0, 0.05) is 17.0 Å². The van der Waals surface area contributed by atoms with E-state index >= 15 is 0 Å². The molecule has 2 atom stereocenters. The molecule has 0 aromatic heterocycles. The van der Waals surface area contributed by atoms with Crippen molar-refractivity contribution >= 4 is 10.8 Å². The van der Waals surface area contributed by atoms with Gasteiger partial charge >= 0.3 is 0 Å². The first kappa shape index (κ1) is 12.4. The number of nitriles is 1. The second-order valence-corrected chi connectivity index (χ2v) is 4.38. The van der Waals surface area contributed by atoms with Gasteiger partial charge in [0.1, 0.15) is 11.8 Å². The van der Waals surface area contributed by atoms with Crippen LogP contribution in [0.3, 0.4) is 0 Å². The van der Waals surface area contributed by atoms with Gasteiger partial charge in [0.25, 0.3) is 0 Å². The van der Waals surface area contributed by atoms with Crippen LogP contribution in [0.15, 0.2) is 36.4 Å². The third-order valence-electron chi connectivity index (χ3n) is 2.88. The number of fused-ring (bicyclic) bond motifs is 1. The minimum atomic E-state index is -0.492. The summed E-state index contributed by atoms with van der Waals surface area (Å²) in [4.78, 5) is 0. The highest BCUT2D eigenvalue weighted by atomic mass is 16.5. The molecule has 18 heavy (non-hydrogen) atoms. The van der Waals surface area contributed by atoms with Gasteiger partial charge in [-0.25, -0.2) is 0 Å². The van der Waals surface area contributed by atoms with E-state index in [1.165, 1.54) is 0 Å². The average molecular weight is 240 g/mol. The first-order chi connectivity index (χ1) is 8.63. The summed E-state index contributed by atoms with van der Waals surface area (Å²) in [6, 6.07) is 13.9. The van der Waals surface area contributed by atoms with E-state index in [0.29, 0.717) is 0 Å². The highest BCUT2D eigenvalue weighted by molar-refractivity contribution is 5.89. The SMILES string of the molecule is CC(C#N)Oc1c(C(C)N)ccc2ccccc12. The lowest BCUT2D eigenvalue weighted by atomic mass is 10.0. The van der Waals surface area contributed by atoms with Crippen molar-refractivity contribution in [1.29, 1.82) is 5.26 Å². The Morgan fingerprint density at radius 1 is 1.17 bits per heavy atom. The summed E-state index contributed by atoms with van der Waals surface area (Å²) in [5.41, 5.74) is 6.89. The highest BCUT2D eigenvalue weighted by Gasteiger charge is 2.14. The molecule has 0 aliphatic rings. The minimum Gasteiger partial charge on any atom is -0.475 e. The average Bonchev–Trinajstić information content (AvgIpc) is 2.38. The summed E-state index contributed by atoms with van der Waals surface area (Å²) in [6.07, 6.45) is -0.492. The molecule has 0 spiro atoms. The molecule has 2 N–H and O–H groups in total. The van der Waals surface area contributed by atoms with Crippen LogP contribution in [-0.4, -0.2) is 6.10 Å². The van der Waals surface area contributed by atoms with Gasteiger partial charge < -0.3 is 10.5 Å². The zero-order valence-electron chi connectivity index (χ0n) is 10.6. The maximum Gasteiger partial charge on any atom is 0.181 e. The predicted molar refractivity (Wildman–Crippen MR) is 72.3 cm³/mol. The zero-order valence-corrected chi connectivity index (χ0v) is 10.6. The summed E-state index contributed by atoms with van der Waals surface area (Å²) in [5.74, 6) is 0.720. The fraction of sp³-hybridized carbons (Fsp3) is 0.267. The molecular formula is C15H16N2O. The van der Waals surface area contributed by atoms with Crippen LogP contribution >= 0.6 is 0 Å². The van der Waals surface area contributed by atoms with Crippen molar-refractivity contribution in [3.8, 4) is 11.8 Å². The number of nitrogens with two attached hydrogens (primary N) is 1. The summed E-state index contributed by atoms with van der Waals surface area (Å²) < 4.78 is 5.73. The van der Waals surface area contributed by atoms with Gasteiger partial charge in [-0.2, -0.15) is 5.26 Å². The van der Waals surface area contributed by atoms with Crippen LogP contribution < -0.4 is 10.5 Å². The molecule has 0 radical (unpaired) electrons. The molecule has 0 aliphatic carbocycles. The highest BCUT2D eigenvalue weighted by Crippen LogP contribution is 2.33. The fourth-order valence-corrected chi connectivity index (χ4v) is 1.95. The van der Waals surface area contributed by atoms with Gasteiger partial charge in [-0.1, -0.05) is 36.4 Å².